The van der Waals surface area contributed by atoms with Crippen molar-refractivity contribution in [3.05, 3.63) is 40.7 Å². The number of H-pyrrole nitrogens is 1. The van der Waals surface area contributed by atoms with Crippen LogP contribution in [0.3, 0.4) is 0 Å². The molecule has 1 heterocycles. The number of amides is 1. The largest absolute Gasteiger partial charge is 0.493 e. The van der Waals surface area contributed by atoms with Gasteiger partial charge < -0.3 is 29.2 Å². The first-order chi connectivity index (χ1) is 14.2. The molecule has 0 saturated carbocycles. The van der Waals surface area contributed by atoms with E-state index in [9.17, 15) is 14.4 Å². The van der Waals surface area contributed by atoms with E-state index in [-0.39, 0.29) is 17.9 Å². The summed E-state index contributed by atoms with van der Waals surface area (Å²) in [6, 6.07) is 4.88. The molecule has 1 amide bonds. The zero-order valence-corrected chi connectivity index (χ0v) is 17.9. The van der Waals surface area contributed by atoms with Gasteiger partial charge in [-0.25, -0.2) is 9.59 Å². The number of esters is 2. The second-order valence-electron chi connectivity index (χ2n) is 6.45. The first-order valence-corrected chi connectivity index (χ1v) is 9.33. The Labute approximate surface area is 174 Å². The summed E-state index contributed by atoms with van der Waals surface area (Å²) >= 11 is 0. The van der Waals surface area contributed by atoms with Gasteiger partial charge in [-0.05, 0) is 45.4 Å². The van der Waals surface area contributed by atoms with Gasteiger partial charge in [0.05, 0.1) is 26.4 Å². The number of hydrogen-bond acceptors (Lipinski definition) is 7. The molecule has 1 atom stereocenters. The number of benzene rings is 1. The van der Waals surface area contributed by atoms with Crippen LogP contribution in [0.5, 0.6) is 11.5 Å². The van der Waals surface area contributed by atoms with E-state index in [0.29, 0.717) is 28.4 Å². The Bertz CT molecular complexity index is 949. The Morgan fingerprint density at radius 2 is 1.73 bits per heavy atom. The fourth-order valence-electron chi connectivity index (χ4n) is 2.89. The standard InChI is InChI=1S/C21H26N2O7/c1-7-29-21(26)18-11(2)17(12(3)22-18)20(25)30-13(4)19(24)23-14-8-9-15(27-5)16(10-14)28-6/h8-10,13,22H,7H2,1-6H3,(H,23,24)/t13-/m1/s1. The average molecular weight is 418 g/mol. The van der Waals surface area contributed by atoms with E-state index >= 15 is 0 Å². The summed E-state index contributed by atoms with van der Waals surface area (Å²) in [6.45, 7) is 6.61. The molecule has 1 aromatic heterocycles. The van der Waals surface area contributed by atoms with E-state index in [2.05, 4.69) is 10.3 Å². The zero-order valence-electron chi connectivity index (χ0n) is 17.9. The van der Waals surface area contributed by atoms with Gasteiger partial charge in [-0.2, -0.15) is 0 Å². The Kier molecular flexibility index (Phi) is 7.46. The van der Waals surface area contributed by atoms with Gasteiger partial charge >= 0.3 is 11.9 Å². The number of rotatable bonds is 8. The second-order valence-corrected chi connectivity index (χ2v) is 6.45. The predicted molar refractivity (Wildman–Crippen MR) is 109 cm³/mol. The highest BCUT2D eigenvalue weighted by Gasteiger charge is 2.26. The summed E-state index contributed by atoms with van der Waals surface area (Å²) < 4.78 is 20.6. The molecule has 9 nitrogen and oxygen atoms in total. The summed E-state index contributed by atoms with van der Waals surface area (Å²) in [5.41, 5.74) is 1.70. The number of anilines is 1. The fourth-order valence-corrected chi connectivity index (χ4v) is 2.89. The summed E-state index contributed by atoms with van der Waals surface area (Å²) in [5.74, 6) is -0.828. The summed E-state index contributed by atoms with van der Waals surface area (Å²) in [6.07, 6.45) is -1.08. The molecule has 0 aliphatic carbocycles. The minimum Gasteiger partial charge on any atom is -0.493 e. The Balaban J connectivity index is 2.10. The number of aromatic nitrogens is 1. The summed E-state index contributed by atoms with van der Waals surface area (Å²) in [5, 5.41) is 2.66. The van der Waals surface area contributed by atoms with E-state index < -0.39 is 23.9 Å². The third kappa shape index (κ3) is 4.91. The van der Waals surface area contributed by atoms with Crippen LogP contribution >= 0.6 is 0 Å². The Hall–Kier alpha value is -3.49. The number of aryl methyl sites for hydroxylation is 1. The maximum atomic E-state index is 12.6. The van der Waals surface area contributed by atoms with Gasteiger partial charge in [0, 0.05) is 17.4 Å². The van der Waals surface area contributed by atoms with E-state index in [1.165, 1.54) is 21.1 Å². The van der Waals surface area contributed by atoms with Crippen LogP contribution < -0.4 is 14.8 Å². The van der Waals surface area contributed by atoms with Crippen molar-refractivity contribution in [2.75, 3.05) is 26.1 Å². The molecule has 0 unspecified atom stereocenters. The van der Waals surface area contributed by atoms with Crippen LogP contribution in [0.2, 0.25) is 0 Å². The van der Waals surface area contributed by atoms with Crippen LogP contribution in [0.15, 0.2) is 18.2 Å². The zero-order chi connectivity index (χ0) is 22.4. The van der Waals surface area contributed by atoms with Crippen molar-refractivity contribution in [1.29, 1.82) is 0 Å². The number of methoxy groups -OCH3 is 2. The van der Waals surface area contributed by atoms with Gasteiger partial charge in [0.1, 0.15) is 5.69 Å². The smallest absolute Gasteiger partial charge is 0.355 e. The molecular formula is C21H26N2O7. The molecule has 9 heteroatoms. The van der Waals surface area contributed by atoms with Crippen LogP contribution in [0.1, 0.15) is 46.0 Å². The average Bonchev–Trinajstić information content (AvgIpc) is 3.02. The van der Waals surface area contributed by atoms with Gasteiger partial charge in [-0.1, -0.05) is 0 Å². The van der Waals surface area contributed by atoms with E-state index in [0.717, 1.165) is 0 Å². The van der Waals surface area contributed by atoms with Gasteiger partial charge in [0.15, 0.2) is 17.6 Å². The minimum atomic E-state index is -1.08. The Morgan fingerprint density at radius 3 is 2.33 bits per heavy atom. The van der Waals surface area contributed by atoms with Gasteiger partial charge in [-0.3, -0.25) is 4.79 Å². The highest BCUT2D eigenvalue weighted by atomic mass is 16.5. The highest BCUT2D eigenvalue weighted by Crippen LogP contribution is 2.30. The Morgan fingerprint density at radius 1 is 1.07 bits per heavy atom. The van der Waals surface area contributed by atoms with Crippen molar-refractivity contribution in [2.45, 2.75) is 33.8 Å². The number of aromatic amines is 1. The molecule has 0 radical (unpaired) electrons. The maximum absolute atomic E-state index is 12.6. The van der Waals surface area contributed by atoms with Crippen molar-refractivity contribution < 1.29 is 33.3 Å². The molecule has 0 bridgehead atoms. The second kappa shape index (κ2) is 9.82. The number of ether oxygens (including phenoxy) is 4. The molecule has 1 aromatic carbocycles. The van der Waals surface area contributed by atoms with Gasteiger partial charge in [-0.15, -0.1) is 0 Å². The highest BCUT2D eigenvalue weighted by molar-refractivity contribution is 6.01. The van der Waals surface area contributed by atoms with Crippen molar-refractivity contribution in [1.82, 2.24) is 4.98 Å². The van der Waals surface area contributed by atoms with Gasteiger partial charge in [0.25, 0.3) is 5.91 Å². The first-order valence-electron chi connectivity index (χ1n) is 9.33. The SMILES string of the molecule is CCOC(=O)c1[nH]c(C)c(C(=O)O[C@H](C)C(=O)Nc2ccc(OC)c(OC)c2)c1C. The number of carbonyl (C=O) groups excluding carboxylic acids is 3. The molecule has 2 rings (SSSR count). The summed E-state index contributed by atoms with van der Waals surface area (Å²) in [4.78, 5) is 39.9. The quantitative estimate of drug-likeness (QED) is 0.633. The van der Waals surface area contributed by atoms with E-state index in [1.807, 2.05) is 0 Å². The van der Waals surface area contributed by atoms with Crippen LogP contribution in [0.4, 0.5) is 5.69 Å². The lowest BCUT2D eigenvalue weighted by molar-refractivity contribution is -0.123. The molecule has 0 saturated heterocycles. The monoisotopic (exact) mass is 418 g/mol. The molecule has 162 valence electrons. The van der Waals surface area contributed by atoms with Crippen LogP contribution in [0, 0.1) is 13.8 Å². The molecule has 2 aromatic rings. The van der Waals surface area contributed by atoms with Crippen molar-refractivity contribution >= 4 is 23.5 Å². The lowest BCUT2D eigenvalue weighted by Gasteiger charge is -2.15. The summed E-state index contributed by atoms with van der Waals surface area (Å²) in [7, 11) is 3.00. The molecular weight excluding hydrogens is 392 g/mol. The molecule has 0 fully saturated rings. The molecule has 30 heavy (non-hydrogen) atoms. The molecule has 0 aliphatic heterocycles. The molecule has 0 aliphatic rings. The lowest BCUT2D eigenvalue weighted by Crippen LogP contribution is -2.30. The normalized spacial score (nSPS) is 11.4. The molecule has 0 spiro atoms. The third-order valence-corrected chi connectivity index (χ3v) is 4.43. The maximum Gasteiger partial charge on any atom is 0.355 e. The number of carbonyl (C=O) groups is 3. The number of nitrogens with one attached hydrogen (secondary N) is 2. The van der Waals surface area contributed by atoms with Crippen molar-refractivity contribution in [3.63, 3.8) is 0 Å². The van der Waals surface area contributed by atoms with Crippen LogP contribution in [0.25, 0.3) is 0 Å². The number of hydrogen-bond donors (Lipinski definition) is 2. The van der Waals surface area contributed by atoms with Crippen molar-refractivity contribution in [2.24, 2.45) is 0 Å². The van der Waals surface area contributed by atoms with Crippen LogP contribution in [-0.2, 0) is 14.3 Å². The molecule has 2 N–H and O–H groups in total. The van der Waals surface area contributed by atoms with E-state index in [4.69, 9.17) is 18.9 Å². The fraction of sp³-hybridized carbons (Fsp3) is 0.381. The lowest BCUT2D eigenvalue weighted by atomic mass is 10.1. The van der Waals surface area contributed by atoms with E-state index in [1.54, 1.807) is 39.0 Å². The first kappa shape index (κ1) is 22.8. The third-order valence-electron chi connectivity index (χ3n) is 4.43. The minimum absolute atomic E-state index is 0.184. The van der Waals surface area contributed by atoms with Crippen molar-refractivity contribution in [3.8, 4) is 11.5 Å². The van der Waals surface area contributed by atoms with Gasteiger partial charge in [0.2, 0.25) is 0 Å². The van der Waals surface area contributed by atoms with Crippen LogP contribution in [-0.4, -0.2) is 49.8 Å². The topological polar surface area (TPSA) is 116 Å². The predicted octanol–water partition coefficient (Wildman–Crippen LogP) is 3.01.